The van der Waals surface area contributed by atoms with Crippen LogP contribution in [0.25, 0.3) is 0 Å². The third-order valence-corrected chi connectivity index (χ3v) is 3.23. The van der Waals surface area contributed by atoms with E-state index in [1.165, 1.54) is 5.56 Å². The van der Waals surface area contributed by atoms with Gasteiger partial charge in [0.15, 0.2) is 0 Å². The van der Waals surface area contributed by atoms with E-state index in [0.29, 0.717) is 12.4 Å². The van der Waals surface area contributed by atoms with Crippen molar-refractivity contribution in [1.82, 2.24) is 0 Å². The molecular formula is C12H17NO2S. The molecule has 0 unspecified atom stereocenters. The smallest absolute Gasteiger partial charge is 0.315 e. The Bertz CT molecular complexity index is 366. The molecule has 0 bridgehead atoms. The number of thioether (sulfide) groups is 1. The molecule has 0 aliphatic rings. The Morgan fingerprint density at radius 3 is 2.94 bits per heavy atom. The second kappa shape index (κ2) is 6.43. The average Bonchev–Trinajstić information content (AvgIpc) is 2.25. The quantitative estimate of drug-likeness (QED) is 0.633. The molecule has 88 valence electrons. The lowest BCUT2D eigenvalue weighted by Gasteiger charge is -2.07. The Morgan fingerprint density at radius 1 is 1.50 bits per heavy atom. The van der Waals surface area contributed by atoms with E-state index in [9.17, 15) is 4.79 Å². The number of nitrogen functional groups attached to an aromatic ring is 1. The summed E-state index contributed by atoms with van der Waals surface area (Å²) in [4.78, 5) is 11.1. The summed E-state index contributed by atoms with van der Waals surface area (Å²) in [6.45, 7) is 4.25. The van der Waals surface area contributed by atoms with Gasteiger partial charge in [-0.25, -0.2) is 0 Å². The Morgan fingerprint density at radius 2 is 2.25 bits per heavy atom. The minimum atomic E-state index is -0.158. The average molecular weight is 239 g/mol. The molecule has 0 saturated heterocycles. The number of hydrogen-bond acceptors (Lipinski definition) is 4. The molecule has 0 aromatic heterocycles. The minimum absolute atomic E-state index is 0.158. The largest absolute Gasteiger partial charge is 0.465 e. The van der Waals surface area contributed by atoms with E-state index in [2.05, 4.69) is 0 Å². The second-order valence-electron chi connectivity index (χ2n) is 3.43. The van der Waals surface area contributed by atoms with Crippen LogP contribution in [0.15, 0.2) is 18.2 Å². The van der Waals surface area contributed by atoms with Crippen molar-refractivity contribution in [1.29, 1.82) is 0 Å². The van der Waals surface area contributed by atoms with Crippen LogP contribution in [0.1, 0.15) is 18.1 Å². The highest BCUT2D eigenvalue weighted by Gasteiger charge is 2.04. The van der Waals surface area contributed by atoms with Crippen molar-refractivity contribution in [2.24, 2.45) is 0 Å². The predicted octanol–water partition coefficient (Wildman–Crippen LogP) is 2.37. The van der Waals surface area contributed by atoms with Crippen molar-refractivity contribution < 1.29 is 9.53 Å². The van der Waals surface area contributed by atoms with Gasteiger partial charge in [-0.1, -0.05) is 12.1 Å². The summed E-state index contributed by atoms with van der Waals surface area (Å²) in [6, 6.07) is 5.85. The van der Waals surface area contributed by atoms with Crippen molar-refractivity contribution in [2.75, 3.05) is 18.1 Å². The molecule has 0 aliphatic carbocycles. The molecule has 0 spiro atoms. The first-order valence-electron chi connectivity index (χ1n) is 5.22. The van der Waals surface area contributed by atoms with Crippen LogP contribution in [0.3, 0.4) is 0 Å². The third-order valence-electron chi connectivity index (χ3n) is 2.27. The van der Waals surface area contributed by atoms with Crippen molar-refractivity contribution in [3.05, 3.63) is 29.3 Å². The van der Waals surface area contributed by atoms with E-state index in [1.807, 2.05) is 32.0 Å². The number of esters is 1. The fourth-order valence-electron chi connectivity index (χ4n) is 1.31. The third kappa shape index (κ3) is 3.77. The number of anilines is 1. The van der Waals surface area contributed by atoms with Crippen molar-refractivity contribution in [3.63, 3.8) is 0 Å². The molecule has 0 atom stereocenters. The van der Waals surface area contributed by atoms with Gasteiger partial charge >= 0.3 is 5.97 Å². The molecule has 1 aromatic rings. The van der Waals surface area contributed by atoms with Crippen LogP contribution in [0.2, 0.25) is 0 Å². The molecule has 1 aromatic carbocycles. The SMILES string of the molecule is CCOC(=O)CSCc1cccc(N)c1C. The maximum atomic E-state index is 11.1. The van der Waals surface area contributed by atoms with Crippen LogP contribution < -0.4 is 5.73 Å². The van der Waals surface area contributed by atoms with Crippen LogP contribution in [-0.2, 0) is 15.3 Å². The summed E-state index contributed by atoms with van der Waals surface area (Å²) in [5.74, 6) is 1.02. The Kier molecular flexibility index (Phi) is 5.19. The van der Waals surface area contributed by atoms with Gasteiger partial charge in [-0.2, -0.15) is 0 Å². The van der Waals surface area contributed by atoms with E-state index in [-0.39, 0.29) is 5.97 Å². The summed E-state index contributed by atoms with van der Waals surface area (Å²) >= 11 is 1.55. The summed E-state index contributed by atoms with van der Waals surface area (Å²) < 4.78 is 4.85. The maximum Gasteiger partial charge on any atom is 0.315 e. The molecule has 1 rings (SSSR count). The monoisotopic (exact) mass is 239 g/mol. The lowest BCUT2D eigenvalue weighted by molar-refractivity contribution is -0.139. The highest BCUT2D eigenvalue weighted by atomic mass is 32.2. The normalized spacial score (nSPS) is 10.1. The number of nitrogens with two attached hydrogens (primary N) is 1. The van der Waals surface area contributed by atoms with E-state index in [0.717, 1.165) is 17.0 Å². The maximum absolute atomic E-state index is 11.1. The molecule has 16 heavy (non-hydrogen) atoms. The van der Waals surface area contributed by atoms with Crippen LogP contribution in [0.4, 0.5) is 5.69 Å². The number of benzene rings is 1. The van der Waals surface area contributed by atoms with Gasteiger partial charge in [-0.05, 0) is 31.0 Å². The zero-order valence-electron chi connectivity index (χ0n) is 9.66. The predicted molar refractivity (Wildman–Crippen MR) is 68.4 cm³/mol. The fraction of sp³-hybridized carbons (Fsp3) is 0.417. The Labute approximate surface area is 100 Å². The molecule has 4 heteroatoms. The lowest BCUT2D eigenvalue weighted by Crippen LogP contribution is -2.07. The molecule has 0 saturated carbocycles. The van der Waals surface area contributed by atoms with Crippen LogP contribution in [0.5, 0.6) is 0 Å². The molecule has 3 nitrogen and oxygen atoms in total. The van der Waals surface area contributed by atoms with Gasteiger partial charge in [0.2, 0.25) is 0 Å². The molecule has 0 aliphatic heterocycles. The first-order valence-corrected chi connectivity index (χ1v) is 6.38. The minimum Gasteiger partial charge on any atom is -0.465 e. The fourth-order valence-corrected chi connectivity index (χ4v) is 2.19. The van der Waals surface area contributed by atoms with E-state index >= 15 is 0 Å². The number of rotatable bonds is 5. The van der Waals surface area contributed by atoms with Gasteiger partial charge in [0.05, 0.1) is 12.4 Å². The summed E-state index contributed by atoms with van der Waals surface area (Å²) in [5.41, 5.74) is 8.87. The van der Waals surface area contributed by atoms with Crippen molar-refractivity contribution >= 4 is 23.4 Å². The Hall–Kier alpha value is -1.16. The first-order chi connectivity index (χ1) is 7.65. The van der Waals surface area contributed by atoms with E-state index in [4.69, 9.17) is 10.5 Å². The standard InChI is InChI=1S/C12H17NO2S/c1-3-15-12(14)8-16-7-10-5-4-6-11(13)9(10)2/h4-6H,3,7-8,13H2,1-2H3. The summed E-state index contributed by atoms with van der Waals surface area (Å²) in [6.07, 6.45) is 0. The number of hydrogen-bond donors (Lipinski definition) is 1. The number of ether oxygens (including phenoxy) is 1. The van der Waals surface area contributed by atoms with Crippen LogP contribution in [-0.4, -0.2) is 18.3 Å². The Balaban J connectivity index is 2.43. The molecular weight excluding hydrogens is 222 g/mol. The number of carbonyl (C=O) groups excluding carboxylic acids is 1. The second-order valence-corrected chi connectivity index (χ2v) is 4.41. The van der Waals surface area contributed by atoms with Gasteiger partial charge in [-0.15, -0.1) is 11.8 Å². The molecule has 2 N–H and O–H groups in total. The van der Waals surface area contributed by atoms with E-state index < -0.39 is 0 Å². The van der Waals surface area contributed by atoms with Gasteiger partial charge in [-0.3, -0.25) is 4.79 Å². The summed E-state index contributed by atoms with van der Waals surface area (Å²) in [7, 11) is 0. The number of carbonyl (C=O) groups is 1. The topological polar surface area (TPSA) is 52.3 Å². The highest BCUT2D eigenvalue weighted by Crippen LogP contribution is 2.20. The first kappa shape index (κ1) is 12.9. The molecule has 0 amide bonds. The van der Waals surface area contributed by atoms with Crippen molar-refractivity contribution in [2.45, 2.75) is 19.6 Å². The van der Waals surface area contributed by atoms with Gasteiger partial charge < -0.3 is 10.5 Å². The molecule has 0 heterocycles. The molecule has 0 radical (unpaired) electrons. The lowest BCUT2D eigenvalue weighted by atomic mass is 10.1. The van der Waals surface area contributed by atoms with Crippen LogP contribution in [0, 0.1) is 6.92 Å². The molecule has 0 fully saturated rings. The summed E-state index contributed by atoms with van der Waals surface area (Å²) in [5, 5.41) is 0. The highest BCUT2D eigenvalue weighted by molar-refractivity contribution is 7.99. The van der Waals surface area contributed by atoms with Gasteiger partial charge in [0, 0.05) is 11.4 Å². The van der Waals surface area contributed by atoms with Crippen molar-refractivity contribution in [3.8, 4) is 0 Å². The zero-order chi connectivity index (χ0) is 12.0. The van der Waals surface area contributed by atoms with Gasteiger partial charge in [0.25, 0.3) is 0 Å². The van der Waals surface area contributed by atoms with Gasteiger partial charge in [0.1, 0.15) is 0 Å². The van der Waals surface area contributed by atoms with Crippen LogP contribution >= 0.6 is 11.8 Å². The van der Waals surface area contributed by atoms with E-state index in [1.54, 1.807) is 11.8 Å². The zero-order valence-corrected chi connectivity index (χ0v) is 10.5.